The van der Waals surface area contributed by atoms with Gasteiger partial charge in [-0.3, -0.25) is 4.79 Å². The van der Waals surface area contributed by atoms with E-state index >= 15 is 0 Å². The molecule has 0 saturated heterocycles. The maximum atomic E-state index is 12.3. The van der Waals surface area contributed by atoms with Crippen LogP contribution in [0.5, 0.6) is 0 Å². The maximum Gasteiger partial charge on any atom is 0.251 e. The van der Waals surface area contributed by atoms with Gasteiger partial charge in [0.05, 0.1) is 5.02 Å². The molecule has 0 heterocycles. The van der Waals surface area contributed by atoms with Gasteiger partial charge < -0.3 is 5.32 Å². The van der Waals surface area contributed by atoms with Crippen LogP contribution in [0.2, 0.25) is 5.02 Å². The van der Waals surface area contributed by atoms with E-state index in [1.807, 2.05) is 20.8 Å². The number of carbonyl (C=O) groups excluding carboxylic acids is 1. The molecule has 0 radical (unpaired) electrons. The van der Waals surface area contributed by atoms with Gasteiger partial charge in [0.1, 0.15) is 4.90 Å². The molecule has 0 atom stereocenters. The highest BCUT2D eigenvalue weighted by atomic mass is 35.5. The molecular formula is C14H21ClN2O3S. The zero-order chi connectivity index (χ0) is 16.4. The lowest BCUT2D eigenvalue weighted by atomic mass is 9.98. The highest BCUT2D eigenvalue weighted by Crippen LogP contribution is 2.26. The van der Waals surface area contributed by atoms with E-state index in [2.05, 4.69) is 5.32 Å². The quantitative estimate of drug-likeness (QED) is 0.868. The standard InChI is InChI=1S/C14H21ClN2O3S/c1-5-6-14(3,4)17-13(18)10-7-9(2)12(15)11(8-10)21(16,19)20/h7-8H,5-6H2,1-4H3,(H,17,18)(H2,16,19,20). The van der Waals surface area contributed by atoms with Gasteiger partial charge in [-0.15, -0.1) is 0 Å². The van der Waals surface area contributed by atoms with Crippen molar-refractivity contribution in [3.63, 3.8) is 0 Å². The average Bonchev–Trinajstić information content (AvgIpc) is 2.29. The van der Waals surface area contributed by atoms with Gasteiger partial charge in [-0.1, -0.05) is 24.9 Å². The monoisotopic (exact) mass is 332 g/mol. The number of nitrogens with one attached hydrogen (secondary N) is 1. The molecule has 1 rings (SSSR count). The Bertz CT molecular complexity index is 654. The molecule has 0 spiro atoms. The second-order valence-corrected chi connectivity index (χ2v) is 7.65. The number of amides is 1. The average molecular weight is 333 g/mol. The largest absolute Gasteiger partial charge is 0.347 e. The van der Waals surface area contributed by atoms with Gasteiger partial charge in [-0.25, -0.2) is 13.6 Å². The van der Waals surface area contributed by atoms with Crippen LogP contribution >= 0.6 is 11.6 Å². The summed E-state index contributed by atoms with van der Waals surface area (Å²) < 4.78 is 23.1. The lowest BCUT2D eigenvalue weighted by Gasteiger charge is -2.26. The molecule has 7 heteroatoms. The smallest absolute Gasteiger partial charge is 0.251 e. The molecule has 1 aromatic carbocycles. The van der Waals surface area contributed by atoms with Crippen LogP contribution in [-0.2, 0) is 10.0 Å². The first-order chi connectivity index (χ1) is 9.48. The molecule has 0 saturated carbocycles. The Morgan fingerprint density at radius 1 is 1.38 bits per heavy atom. The molecule has 3 N–H and O–H groups in total. The molecule has 118 valence electrons. The summed E-state index contributed by atoms with van der Waals surface area (Å²) in [5, 5.41) is 8.05. The minimum Gasteiger partial charge on any atom is -0.347 e. The number of sulfonamides is 1. The van der Waals surface area contributed by atoms with Crippen molar-refractivity contribution in [2.24, 2.45) is 5.14 Å². The van der Waals surface area contributed by atoms with Crippen molar-refractivity contribution in [3.05, 3.63) is 28.3 Å². The van der Waals surface area contributed by atoms with Crippen molar-refractivity contribution in [1.82, 2.24) is 5.32 Å². The van der Waals surface area contributed by atoms with E-state index in [1.165, 1.54) is 6.07 Å². The Kier molecular flexibility index (Phi) is 5.41. The molecule has 21 heavy (non-hydrogen) atoms. The number of benzene rings is 1. The number of nitrogens with two attached hydrogens (primary N) is 1. The van der Waals surface area contributed by atoms with Gasteiger partial charge in [0, 0.05) is 11.1 Å². The van der Waals surface area contributed by atoms with Crippen LogP contribution in [-0.4, -0.2) is 19.9 Å². The first-order valence-electron chi connectivity index (χ1n) is 6.63. The summed E-state index contributed by atoms with van der Waals surface area (Å²) in [6, 6.07) is 2.76. The summed E-state index contributed by atoms with van der Waals surface area (Å²) in [5.74, 6) is -0.349. The van der Waals surface area contributed by atoms with E-state index < -0.39 is 10.0 Å². The number of aryl methyl sites for hydroxylation is 1. The topological polar surface area (TPSA) is 89.3 Å². The molecule has 0 aromatic heterocycles. The number of primary sulfonamides is 1. The normalized spacial score (nSPS) is 12.3. The van der Waals surface area contributed by atoms with Gasteiger partial charge >= 0.3 is 0 Å². The Labute approximate surface area is 130 Å². The zero-order valence-electron chi connectivity index (χ0n) is 12.7. The predicted molar refractivity (Wildman–Crippen MR) is 84.0 cm³/mol. The second-order valence-electron chi connectivity index (χ2n) is 5.74. The zero-order valence-corrected chi connectivity index (χ0v) is 14.2. The highest BCUT2D eigenvalue weighted by Gasteiger charge is 2.23. The van der Waals surface area contributed by atoms with Gasteiger partial charge in [-0.2, -0.15) is 0 Å². The van der Waals surface area contributed by atoms with E-state index in [9.17, 15) is 13.2 Å². The van der Waals surface area contributed by atoms with Crippen LogP contribution in [0.1, 0.15) is 49.5 Å². The highest BCUT2D eigenvalue weighted by molar-refractivity contribution is 7.89. The minimum absolute atomic E-state index is 0.0434. The van der Waals surface area contributed by atoms with Crippen LogP contribution in [0.4, 0.5) is 0 Å². The summed E-state index contributed by atoms with van der Waals surface area (Å²) in [6.45, 7) is 7.49. The fourth-order valence-corrected chi connectivity index (χ4v) is 3.28. The Morgan fingerprint density at radius 3 is 2.43 bits per heavy atom. The van der Waals surface area contributed by atoms with Crippen molar-refractivity contribution in [1.29, 1.82) is 0 Å². The molecule has 0 bridgehead atoms. The first kappa shape index (κ1) is 17.9. The van der Waals surface area contributed by atoms with Crippen LogP contribution in [0.25, 0.3) is 0 Å². The molecule has 0 aliphatic carbocycles. The molecule has 0 aliphatic heterocycles. The molecule has 0 fully saturated rings. The van der Waals surface area contributed by atoms with E-state index in [1.54, 1.807) is 13.0 Å². The van der Waals surface area contributed by atoms with Gasteiger partial charge in [-0.05, 0) is 44.9 Å². The van der Waals surface area contributed by atoms with Gasteiger partial charge in [0.2, 0.25) is 10.0 Å². The lowest BCUT2D eigenvalue weighted by molar-refractivity contribution is 0.0908. The van der Waals surface area contributed by atoms with Crippen molar-refractivity contribution in [2.75, 3.05) is 0 Å². The fourth-order valence-electron chi connectivity index (χ4n) is 2.14. The van der Waals surface area contributed by atoms with Crippen molar-refractivity contribution < 1.29 is 13.2 Å². The molecule has 0 aliphatic rings. The van der Waals surface area contributed by atoms with Crippen molar-refractivity contribution >= 4 is 27.5 Å². The maximum absolute atomic E-state index is 12.3. The number of hydrogen-bond acceptors (Lipinski definition) is 3. The second kappa shape index (κ2) is 6.34. The fraction of sp³-hybridized carbons (Fsp3) is 0.500. The molecule has 1 aromatic rings. The SMILES string of the molecule is CCCC(C)(C)NC(=O)c1cc(C)c(Cl)c(S(N)(=O)=O)c1. The number of carbonyl (C=O) groups is 1. The van der Waals surface area contributed by atoms with E-state index in [0.29, 0.717) is 5.56 Å². The van der Waals surface area contributed by atoms with Gasteiger partial charge in [0.15, 0.2) is 0 Å². The molecular weight excluding hydrogens is 312 g/mol. The third-order valence-corrected chi connectivity index (χ3v) is 4.67. The van der Waals surface area contributed by atoms with E-state index in [4.69, 9.17) is 16.7 Å². The van der Waals surface area contributed by atoms with Crippen LogP contribution in [0.15, 0.2) is 17.0 Å². The van der Waals surface area contributed by atoms with Crippen LogP contribution < -0.4 is 10.5 Å². The number of halogens is 1. The lowest BCUT2D eigenvalue weighted by Crippen LogP contribution is -2.43. The van der Waals surface area contributed by atoms with Gasteiger partial charge in [0.25, 0.3) is 5.91 Å². The molecule has 5 nitrogen and oxygen atoms in total. The summed E-state index contributed by atoms with van der Waals surface area (Å²) in [5.41, 5.74) is 0.341. The summed E-state index contributed by atoms with van der Waals surface area (Å²) >= 11 is 5.95. The minimum atomic E-state index is -3.98. The van der Waals surface area contributed by atoms with Crippen LogP contribution in [0, 0.1) is 6.92 Å². The van der Waals surface area contributed by atoms with E-state index in [0.717, 1.165) is 12.8 Å². The number of rotatable bonds is 5. The third kappa shape index (κ3) is 4.69. The summed E-state index contributed by atoms with van der Waals surface area (Å²) in [4.78, 5) is 12.1. The van der Waals surface area contributed by atoms with E-state index in [-0.39, 0.29) is 26.9 Å². The van der Waals surface area contributed by atoms with Crippen molar-refractivity contribution in [3.8, 4) is 0 Å². The Balaban J connectivity index is 3.21. The summed E-state index contributed by atoms with van der Waals surface area (Å²) in [6.07, 6.45) is 1.74. The summed E-state index contributed by atoms with van der Waals surface area (Å²) in [7, 11) is -3.98. The number of hydrogen-bond donors (Lipinski definition) is 2. The van der Waals surface area contributed by atoms with Crippen molar-refractivity contribution in [2.45, 2.75) is 51.0 Å². The Morgan fingerprint density at radius 2 is 1.95 bits per heavy atom. The van der Waals surface area contributed by atoms with Crippen LogP contribution in [0.3, 0.4) is 0 Å². The molecule has 1 amide bonds. The Hall–Kier alpha value is -1.11. The first-order valence-corrected chi connectivity index (χ1v) is 8.56. The predicted octanol–water partition coefficient (Wildman–Crippen LogP) is 2.60. The third-order valence-electron chi connectivity index (χ3n) is 3.12. The molecule has 0 unspecified atom stereocenters.